The van der Waals surface area contributed by atoms with Gasteiger partial charge in [-0.1, -0.05) is 23.9 Å². The van der Waals surface area contributed by atoms with Gasteiger partial charge in [-0.3, -0.25) is 4.79 Å². The highest BCUT2D eigenvalue weighted by Gasteiger charge is 2.30. The van der Waals surface area contributed by atoms with Crippen molar-refractivity contribution >= 4 is 29.6 Å². The van der Waals surface area contributed by atoms with E-state index >= 15 is 0 Å². The van der Waals surface area contributed by atoms with Crippen LogP contribution in [0.25, 0.3) is 0 Å². The Kier molecular flexibility index (Phi) is 6.23. The Morgan fingerprint density at radius 1 is 1.30 bits per heavy atom. The minimum absolute atomic E-state index is 0.0210. The van der Waals surface area contributed by atoms with Gasteiger partial charge >= 0.3 is 11.9 Å². The molecule has 1 atom stereocenters. The zero-order valence-electron chi connectivity index (χ0n) is 14.7. The van der Waals surface area contributed by atoms with Crippen molar-refractivity contribution in [3.63, 3.8) is 0 Å². The van der Waals surface area contributed by atoms with E-state index < -0.39 is 18.0 Å². The van der Waals surface area contributed by atoms with Gasteiger partial charge in [-0.05, 0) is 19.1 Å². The first-order chi connectivity index (χ1) is 13.1. The third-order valence-corrected chi connectivity index (χ3v) is 4.79. The van der Waals surface area contributed by atoms with Crippen LogP contribution in [0.2, 0.25) is 0 Å². The van der Waals surface area contributed by atoms with Crippen LogP contribution in [0.15, 0.2) is 35.4 Å². The zero-order valence-corrected chi connectivity index (χ0v) is 15.5. The summed E-state index contributed by atoms with van der Waals surface area (Å²) in [5, 5.41) is 0.487. The van der Waals surface area contributed by atoms with Crippen LogP contribution in [-0.2, 0) is 23.9 Å². The van der Waals surface area contributed by atoms with Crippen molar-refractivity contribution in [2.24, 2.45) is 0 Å². The summed E-state index contributed by atoms with van der Waals surface area (Å²) in [7, 11) is 0. The summed E-state index contributed by atoms with van der Waals surface area (Å²) in [5.74, 6) is 0.0577. The molecule has 0 aliphatic carbocycles. The molecule has 0 bridgehead atoms. The zero-order chi connectivity index (χ0) is 19.2. The number of carbonyl (C=O) groups excluding carboxylic acids is 3. The minimum Gasteiger partial charge on any atom is -0.485 e. The summed E-state index contributed by atoms with van der Waals surface area (Å²) in [6, 6.07) is 7.06. The molecule has 2 aliphatic heterocycles. The predicted molar refractivity (Wildman–Crippen MR) is 96.2 cm³/mol. The molecule has 1 amide bonds. The summed E-state index contributed by atoms with van der Waals surface area (Å²) < 4.78 is 21.1. The molecule has 0 spiro atoms. The molecule has 0 radical (unpaired) electrons. The second kappa shape index (κ2) is 8.81. The maximum Gasteiger partial charge on any atom is 0.351 e. The molecule has 0 saturated carbocycles. The van der Waals surface area contributed by atoms with E-state index in [9.17, 15) is 14.4 Å². The van der Waals surface area contributed by atoms with Crippen LogP contribution < -0.4 is 9.47 Å². The van der Waals surface area contributed by atoms with Gasteiger partial charge in [0.05, 0.1) is 30.0 Å². The SMILES string of the molecule is CCOC(=O)/C=C1/SCC(=O)N1CCOC(=O)C1COc2ccccc2O1. The smallest absolute Gasteiger partial charge is 0.351 e. The summed E-state index contributed by atoms with van der Waals surface area (Å²) >= 11 is 1.24. The number of esters is 2. The number of amides is 1. The summed E-state index contributed by atoms with van der Waals surface area (Å²) in [5.41, 5.74) is 0. The van der Waals surface area contributed by atoms with Crippen molar-refractivity contribution in [3.05, 3.63) is 35.4 Å². The van der Waals surface area contributed by atoms with Gasteiger partial charge in [0.2, 0.25) is 12.0 Å². The van der Waals surface area contributed by atoms with Gasteiger partial charge in [-0.2, -0.15) is 0 Å². The molecular formula is C18H19NO7S. The molecule has 2 aliphatic rings. The Hall–Kier alpha value is -2.68. The molecular weight excluding hydrogens is 374 g/mol. The Balaban J connectivity index is 1.50. The second-order valence-corrected chi connectivity index (χ2v) is 6.60. The second-order valence-electron chi connectivity index (χ2n) is 5.60. The molecule has 1 aromatic rings. The number of nitrogens with zero attached hydrogens (tertiary/aromatic N) is 1. The van der Waals surface area contributed by atoms with E-state index in [2.05, 4.69) is 0 Å². The number of thioether (sulfide) groups is 1. The maximum absolute atomic E-state index is 12.2. The molecule has 1 saturated heterocycles. The lowest BCUT2D eigenvalue weighted by Gasteiger charge is -2.25. The molecule has 9 heteroatoms. The Morgan fingerprint density at radius 2 is 2.07 bits per heavy atom. The Labute approximate surface area is 160 Å². The van der Waals surface area contributed by atoms with Crippen molar-refractivity contribution in [3.8, 4) is 11.5 Å². The van der Waals surface area contributed by atoms with Crippen molar-refractivity contribution in [2.75, 3.05) is 32.1 Å². The fourth-order valence-electron chi connectivity index (χ4n) is 2.52. The van der Waals surface area contributed by atoms with E-state index in [1.165, 1.54) is 22.7 Å². The molecule has 2 heterocycles. The number of benzene rings is 1. The number of carbonyl (C=O) groups is 3. The van der Waals surface area contributed by atoms with Crippen LogP contribution in [0.5, 0.6) is 11.5 Å². The first kappa shape index (κ1) is 19.1. The van der Waals surface area contributed by atoms with Gasteiger partial charge in [0.15, 0.2) is 11.5 Å². The van der Waals surface area contributed by atoms with E-state index in [1.54, 1.807) is 25.1 Å². The number of hydrogen-bond donors (Lipinski definition) is 0. The lowest BCUT2D eigenvalue weighted by molar-refractivity contribution is -0.155. The van der Waals surface area contributed by atoms with E-state index in [4.69, 9.17) is 18.9 Å². The van der Waals surface area contributed by atoms with Crippen LogP contribution >= 0.6 is 11.8 Å². The first-order valence-electron chi connectivity index (χ1n) is 8.45. The van der Waals surface area contributed by atoms with Gasteiger partial charge in [-0.15, -0.1) is 0 Å². The van der Waals surface area contributed by atoms with Crippen LogP contribution in [-0.4, -0.2) is 61.0 Å². The average molecular weight is 393 g/mol. The molecule has 8 nitrogen and oxygen atoms in total. The van der Waals surface area contributed by atoms with Gasteiger partial charge in [0.25, 0.3) is 0 Å². The molecule has 1 aromatic carbocycles. The lowest BCUT2D eigenvalue weighted by atomic mass is 10.2. The van der Waals surface area contributed by atoms with Gasteiger partial charge in [0, 0.05) is 0 Å². The molecule has 3 rings (SSSR count). The number of fused-ring (bicyclic) bond motifs is 1. The van der Waals surface area contributed by atoms with Crippen LogP contribution in [0.1, 0.15) is 6.92 Å². The quantitative estimate of drug-likeness (QED) is 0.528. The van der Waals surface area contributed by atoms with E-state index in [1.807, 2.05) is 6.07 Å². The van der Waals surface area contributed by atoms with Crippen molar-refractivity contribution in [1.82, 2.24) is 4.90 Å². The van der Waals surface area contributed by atoms with Crippen molar-refractivity contribution < 1.29 is 33.3 Å². The van der Waals surface area contributed by atoms with E-state index in [-0.39, 0.29) is 38.0 Å². The highest BCUT2D eigenvalue weighted by molar-refractivity contribution is 8.04. The van der Waals surface area contributed by atoms with Gasteiger partial charge in [0.1, 0.15) is 13.2 Å². The number of ether oxygens (including phenoxy) is 4. The average Bonchev–Trinajstić information content (AvgIpc) is 3.01. The predicted octanol–water partition coefficient (Wildman–Crippen LogP) is 1.35. The summed E-state index contributed by atoms with van der Waals surface area (Å²) in [6.45, 7) is 2.14. The highest BCUT2D eigenvalue weighted by Crippen LogP contribution is 2.31. The standard InChI is InChI=1S/C18H19NO7S/c1-2-23-17(21)9-16-19(15(20)11-27-16)7-8-24-18(22)14-10-25-12-5-3-4-6-13(12)26-14/h3-6,9,14H,2,7-8,10-11H2,1H3/b16-9+. The third-order valence-electron chi connectivity index (χ3n) is 3.77. The summed E-state index contributed by atoms with van der Waals surface area (Å²) in [6.07, 6.45) is 0.411. The summed E-state index contributed by atoms with van der Waals surface area (Å²) in [4.78, 5) is 37.1. The van der Waals surface area contributed by atoms with Gasteiger partial charge < -0.3 is 23.8 Å². The van der Waals surface area contributed by atoms with Crippen LogP contribution in [0, 0.1) is 0 Å². The fraction of sp³-hybridized carbons (Fsp3) is 0.389. The topological polar surface area (TPSA) is 91.4 Å². The molecule has 1 unspecified atom stereocenters. The highest BCUT2D eigenvalue weighted by atomic mass is 32.2. The Bertz CT molecular complexity index is 764. The van der Waals surface area contributed by atoms with Crippen LogP contribution in [0.4, 0.5) is 0 Å². The molecule has 144 valence electrons. The fourth-order valence-corrected chi connectivity index (χ4v) is 3.48. The first-order valence-corrected chi connectivity index (χ1v) is 9.43. The largest absolute Gasteiger partial charge is 0.485 e. The third kappa shape index (κ3) is 4.73. The van der Waals surface area contributed by atoms with E-state index in [0.29, 0.717) is 16.5 Å². The number of hydrogen-bond acceptors (Lipinski definition) is 8. The molecule has 0 aromatic heterocycles. The lowest BCUT2D eigenvalue weighted by Crippen LogP contribution is -2.39. The maximum atomic E-state index is 12.2. The van der Waals surface area contributed by atoms with Crippen LogP contribution in [0.3, 0.4) is 0 Å². The van der Waals surface area contributed by atoms with Crippen molar-refractivity contribution in [1.29, 1.82) is 0 Å². The number of rotatable bonds is 6. The minimum atomic E-state index is -0.863. The monoisotopic (exact) mass is 393 g/mol. The normalized spacial score (nSPS) is 19.9. The molecule has 27 heavy (non-hydrogen) atoms. The number of para-hydroxylation sites is 2. The van der Waals surface area contributed by atoms with Gasteiger partial charge in [-0.25, -0.2) is 9.59 Å². The molecule has 0 N–H and O–H groups in total. The Morgan fingerprint density at radius 3 is 2.85 bits per heavy atom. The van der Waals surface area contributed by atoms with Crippen molar-refractivity contribution in [2.45, 2.75) is 13.0 Å². The van der Waals surface area contributed by atoms with E-state index in [0.717, 1.165) is 0 Å². The molecule has 1 fully saturated rings.